The van der Waals surface area contributed by atoms with Crippen LogP contribution >= 0.6 is 0 Å². The summed E-state index contributed by atoms with van der Waals surface area (Å²) in [6, 6.07) is 11.8. The molecule has 3 N–H and O–H groups in total. The van der Waals surface area contributed by atoms with Gasteiger partial charge in [0, 0.05) is 22.8 Å². The van der Waals surface area contributed by atoms with Gasteiger partial charge < -0.3 is 10.0 Å². The van der Waals surface area contributed by atoms with Gasteiger partial charge in [-0.1, -0.05) is 13.0 Å². The number of carbonyl (C=O) groups is 1. The Bertz CT molecular complexity index is 1410. The highest BCUT2D eigenvalue weighted by atomic mass is 16.4. The van der Waals surface area contributed by atoms with E-state index in [0.29, 0.717) is 24.5 Å². The first-order valence-corrected chi connectivity index (χ1v) is 10.1. The second-order valence-electron chi connectivity index (χ2n) is 7.23. The smallest absolute Gasteiger partial charge is 0.409 e. The molecule has 0 unspecified atom stereocenters. The topological polar surface area (TPSA) is 124 Å². The van der Waals surface area contributed by atoms with Crippen molar-refractivity contribution < 1.29 is 9.90 Å². The summed E-state index contributed by atoms with van der Waals surface area (Å²) in [6.07, 6.45) is 6.15. The van der Waals surface area contributed by atoms with Gasteiger partial charge in [0.2, 0.25) is 0 Å². The minimum Gasteiger partial charge on any atom is -0.465 e. The van der Waals surface area contributed by atoms with Gasteiger partial charge in [-0.25, -0.2) is 14.3 Å². The maximum absolute atomic E-state index is 11.3. The van der Waals surface area contributed by atoms with Crippen LogP contribution in [0.3, 0.4) is 0 Å². The lowest BCUT2D eigenvalue weighted by Crippen LogP contribution is -2.20. The maximum atomic E-state index is 11.3. The number of hydrogen-bond acceptors (Lipinski definition) is 6. The molecule has 0 radical (unpaired) electrons. The molecule has 0 saturated carbocycles. The first-order chi connectivity index (χ1) is 15.6. The van der Waals surface area contributed by atoms with E-state index in [1.165, 1.54) is 6.33 Å². The molecule has 0 bridgehead atoms. The number of nitrogens with one attached hydrogen (secondary N) is 2. The summed E-state index contributed by atoms with van der Waals surface area (Å²) in [5.41, 5.74) is 4.75. The van der Waals surface area contributed by atoms with Crippen molar-refractivity contribution in [1.29, 1.82) is 0 Å². The Morgan fingerprint density at radius 3 is 2.94 bits per heavy atom. The predicted molar refractivity (Wildman–Crippen MR) is 120 cm³/mol. The third-order valence-electron chi connectivity index (χ3n) is 5.29. The van der Waals surface area contributed by atoms with E-state index < -0.39 is 6.09 Å². The number of H-pyrrole nitrogens is 1. The van der Waals surface area contributed by atoms with Gasteiger partial charge in [0.15, 0.2) is 5.82 Å². The molecule has 5 rings (SSSR count). The van der Waals surface area contributed by atoms with E-state index in [1.54, 1.807) is 23.1 Å². The number of benzene rings is 1. The Morgan fingerprint density at radius 1 is 1.25 bits per heavy atom. The molecule has 1 aromatic carbocycles. The number of anilines is 3. The van der Waals surface area contributed by atoms with Gasteiger partial charge in [0.25, 0.3) is 0 Å². The Labute approximate surface area is 182 Å². The molecule has 0 spiro atoms. The zero-order valence-electron chi connectivity index (χ0n) is 17.2. The molecule has 1 amide bonds. The normalized spacial score (nSPS) is 11.2. The van der Waals surface area contributed by atoms with Crippen molar-refractivity contribution in [1.82, 2.24) is 29.8 Å². The number of nitrogens with zero attached hydrogens (tertiary/aromatic N) is 6. The van der Waals surface area contributed by atoms with Crippen LogP contribution in [-0.2, 0) is 13.0 Å². The number of carboxylic acid groups (broad SMARTS) is 1. The average Bonchev–Trinajstić information content (AvgIpc) is 3.41. The minimum atomic E-state index is -1.12. The lowest BCUT2D eigenvalue weighted by atomic mass is 10.1. The fourth-order valence-electron chi connectivity index (χ4n) is 3.87. The van der Waals surface area contributed by atoms with E-state index in [1.807, 2.05) is 43.3 Å². The molecule has 0 atom stereocenters. The number of aromatic nitrogens is 6. The summed E-state index contributed by atoms with van der Waals surface area (Å²) >= 11 is 0. The molecular formula is C22H20N8O2. The van der Waals surface area contributed by atoms with Gasteiger partial charge in [-0.05, 0) is 36.8 Å². The van der Waals surface area contributed by atoms with Gasteiger partial charge in [0.1, 0.15) is 11.8 Å². The van der Waals surface area contributed by atoms with Crippen LogP contribution in [0.4, 0.5) is 22.0 Å². The van der Waals surface area contributed by atoms with Crippen LogP contribution < -0.4 is 10.2 Å². The van der Waals surface area contributed by atoms with Crippen molar-refractivity contribution in [3.8, 4) is 0 Å². The highest BCUT2D eigenvalue weighted by Gasteiger charge is 2.22. The number of rotatable bonds is 6. The molecule has 10 heteroatoms. The van der Waals surface area contributed by atoms with Crippen molar-refractivity contribution in [3.63, 3.8) is 0 Å². The summed E-state index contributed by atoms with van der Waals surface area (Å²) in [6.45, 7) is 2.44. The number of amides is 1. The largest absolute Gasteiger partial charge is 0.465 e. The highest BCUT2D eigenvalue weighted by Crippen LogP contribution is 2.35. The van der Waals surface area contributed by atoms with Gasteiger partial charge >= 0.3 is 6.09 Å². The van der Waals surface area contributed by atoms with Crippen molar-refractivity contribution in [3.05, 3.63) is 72.6 Å². The van der Waals surface area contributed by atoms with E-state index in [2.05, 4.69) is 35.5 Å². The Hall–Kier alpha value is -4.47. The predicted octanol–water partition coefficient (Wildman–Crippen LogP) is 3.99. The van der Waals surface area contributed by atoms with Crippen molar-refractivity contribution in [2.24, 2.45) is 0 Å². The fourth-order valence-corrected chi connectivity index (χ4v) is 3.87. The zero-order chi connectivity index (χ0) is 22.1. The Kier molecular flexibility index (Phi) is 4.86. The fraction of sp³-hybridized carbons (Fsp3) is 0.136. The molecule has 5 aromatic rings. The monoisotopic (exact) mass is 428 g/mol. The van der Waals surface area contributed by atoms with Crippen LogP contribution in [-0.4, -0.2) is 41.0 Å². The molecule has 0 aliphatic rings. The summed E-state index contributed by atoms with van der Waals surface area (Å²) in [4.78, 5) is 22.5. The molecule has 32 heavy (non-hydrogen) atoms. The molecule has 10 nitrogen and oxygen atoms in total. The second kappa shape index (κ2) is 7.99. The third kappa shape index (κ3) is 3.47. The van der Waals surface area contributed by atoms with E-state index >= 15 is 0 Å². The maximum Gasteiger partial charge on any atom is 0.409 e. The van der Waals surface area contributed by atoms with Gasteiger partial charge in [-0.2, -0.15) is 10.2 Å². The molecule has 4 heterocycles. The second-order valence-corrected chi connectivity index (χ2v) is 7.23. The van der Waals surface area contributed by atoms with Crippen LogP contribution in [0.5, 0.6) is 0 Å². The van der Waals surface area contributed by atoms with E-state index in [4.69, 9.17) is 0 Å². The van der Waals surface area contributed by atoms with Crippen molar-refractivity contribution >= 4 is 39.7 Å². The summed E-state index contributed by atoms with van der Waals surface area (Å²) in [5, 5.41) is 24.1. The number of aryl methyl sites for hydroxylation is 1. The lowest BCUT2D eigenvalue weighted by molar-refractivity contribution is 0.209. The Morgan fingerprint density at radius 2 is 2.16 bits per heavy atom. The molecule has 160 valence electrons. The van der Waals surface area contributed by atoms with Crippen LogP contribution in [0.25, 0.3) is 16.4 Å². The average molecular weight is 428 g/mol. The molecule has 0 saturated heterocycles. The molecule has 0 aliphatic heterocycles. The lowest BCUT2D eigenvalue weighted by Gasteiger charge is -2.24. The first kappa shape index (κ1) is 19.5. The SMILES string of the molecule is CCc1c(NC(=O)O)cn2ncnc(N(Cc3ccccn3)c3ccc4[nH]ncc4c3)c12. The van der Waals surface area contributed by atoms with Crippen LogP contribution in [0.1, 0.15) is 18.2 Å². The Balaban J connectivity index is 1.71. The molecular weight excluding hydrogens is 408 g/mol. The molecule has 0 aliphatic carbocycles. The summed E-state index contributed by atoms with van der Waals surface area (Å²) < 4.78 is 1.66. The number of hydrogen-bond donors (Lipinski definition) is 3. The number of pyridine rings is 1. The standard InChI is InChI=1S/C22H20N8O2/c1-2-17-19(27-22(31)32)12-30-20(17)21(24-13-26-30)29(11-15-5-3-4-8-23-15)16-6-7-18-14(9-16)10-25-28-18/h3-10,12-13,27H,2,11H2,1H3,(H,25,28)(H,31,32). The minimum absolute atomic E-state index is 0.465. The molecule has 0 fully saturated rings. The highest BCUT2D eigenvalue weighted by molar-refractivity contribution is 5.91. The zero-order valence-corrected chi connectivity index (χ0v) is 17.2. The molecule has 4 aromatic heterocycles. The van der Waals surface area contributed by atoms with Crippen LogP contribution in [0.2, 0.25) is 0 Å². The van der Waals surface area contributed by atoms with E-state index in [-0.39, 0.29) is 0 Å². The summed E-state index contributed by atoms with van der Waals surface area (Å²) in [7, 11) is 0. The third-order valence-corrected chi connectivity index (χ3v) is 5.29. The van der Waals surface area contributed by atoms with Gasteiger partial charge in [-0.15, -0.1) is 0 Å². The number of aromatic amines is 1. The van der Waals surface area contributed by atoms with Gasteiger partial charge in [-0.3, -0.25) is 15.4 Å². The van der Waals surface area contributed by atoms with Gasteiger partial charge in [0.05, 0.1) is 35.8 Å². The number of fused-ring (bicyclic) bond motifs is 2. The van der Waals surface area contributed by atoms with Crippen LogP contribution in [0.15, 0.2) is 61.3 Å². The van der Waals surface area contributed by atoms with Crippen LogP contribution in [0, 0.1) is 0 Å². The summed E-state index contributed by atoms with van der Waals surface area (Å²) in [5.74, 6) is 0.656. The van der Waals surface area contributed by atoms with E-state index in [0.717, 1.165) is 33.4 Å². The van der Waals surface area contributed by atoms with Crippen molar-refractivity contribution in [2.75, 3.05) is 10.2 Å². The first-order valence-electron chi connectivity index (χ1n) is 10.1. The quantitative estimate of drug-likeness (QED) is 0.373. The van der Waals surface area contributed by atoms with Crippen molar-refractivity contribution in [2.45, 2.75) is 19.9 Å². The van der Waals surface area contributed by atoms with E-state index in [9.17, 15) is 9.90 Å².